The summed E-state index contributed by atoms with van der Waals surface area (Å²) >= 11 is 1.33. The SMILES string of the molecule is CCc1nnsc1C(NC)c1c(C)cc(C)cc1F. The average Bonchev–Trinajstić information content (AvgIpc) is 2.81. The van der Waals surface area contributed by atoms with Gasteiger partial charge in [-0.25, -0.2) is 4.39 Å². The van der Waals surface area contributed by atoms with Crippen molar-refractivity contribution in [3.05, 3.63) is 45.2 Å². The summed E-state index contributed by atoms with van der Waals surface area (Å²) in [6, 6.07) is 3.39. The molecule has 0 aliphatic rings. The van der Waals surface area contributed by atoms with Crippen molar-refractivity contribution in [3.63, 3.8) is 0 Å². The maximum Gasteiger partial charge on any atom is 0.128 e. The molecule has 1 aromatic heterocycles. The third-order valence-electron chi connectivity index (χ3n) is 3.24. The van der Waals surface area contributed by atoms with Crippen LogP contribution in [0.1, 0.15) is 40.2 Å². The molecule has 0 bridgehead atoms. The highest BCUT2D eigenvalue weighted by Gasteiger charge is 2.23. The molecule has 2 rings (SSSR count). The fraction of sp³-hybridized carbons (Fsp3) is 0.429. The van der Waals surface area contributed by atoms with Crippen LogP contribution in [0.25, 0.3) is 0 Å². The van der Waals surface area contributed by atoms with Crippen molar-refractivity contribution in [1.82, 2.24) is 14.9 Å². The molecule has 5 heteroatoms. The molecule has 19 heavy (non-hydrogen) atoms. The topological polar surface area (TPSA) is 37.8 Å². The third-order valence-corrected chi connectivity index (χ3v) is 4.07. The first-order chi connectivity index (χ1) is 9.08. The van der Waals surface area contributed by atoms with Gasteiger partial charge in [-0.05, 0) is 56.0 Å². The summed E-state index contributed by atoms with van der Waals surface area (Å²) < 4.78 is 18.3. The Kier molecular flexibility index (Phi) is 4.27. The van der Waals surface area contributed by atoms with E-state index in [0.29, 0.717) is 5.56 Å². The predicted octanol–water partition coefficient (Wildman–Crippen LogP) is 3.17. The van der Waals surface area contributed by atoms with Gasteiger partial charge in [0.25, 0.3) is 0 Å². The molecule has 0 saturated heterocycles. The molecule has 1 N–H and O–H groups in total. The molecule has 0 spiro atoms. The van der Waals surface area contributed by atoms with Gasteiger partial charge in [-0.15, -0.1) is 5.10 Å². The lowest BCUT2D eigenvalue weighted by atomic mass is 9.96. The molecule has 0 radical (unpaired) electrons. The van der Waals surface area contributed by atoms with Crippen LogP contribution >= 0.6 is 11.5 Å². The summed E-state index contributed by atoms with van der Waals surface area (Å²) in [7, 11) is 1.84. The first-order valence-electron chi connectivity index (χ1n) is 6.33. The molecule has 0 amide bonds. The van der Waals surface area contributed by atoms with Gasteiger partial charge in [0.15, 0.2) is 0 Å². The summed E-state index contributed by atoms with van der Waals surface area (Å²) in [5.41, 5.74) is 3.51. The van der Waals surface area contributed by atoms with Gasteiger partial charge in [0.05, 0.1) is 16.6 Å². The molecule has 1 atom stereocenters. The van der Waals surface area contributed by atoms with Crippen LogP contribution in [0.15, 0.2) is 12.1 Å². The molecular weight excluding hydrogens is 261 g/mol. The Labute approximate surface area is 117 Å². The van der Waals surface area contributed by atoms with Crippen LogP contribution in [-0.4, -0.2) is 16.6 Å². The van der Waals surface area contributed by atoms with Gasteiger partial charge in [-0.1, -0.05) is 17.5 Å². The summed E-state index contributed by atoms with van der Waals surface area (Å²) in [5, 5.41) is 7.30. The Morgan fingerprint density at radius 2 is 2.11 bits per heavy atom. The number of halogens is 1. The van der Waals surface area contributed by atoms with Crippen LogP contribution < -0.4 is 5.32 Å². The molecule has 1 heterocycles. The molecule has 0 aliphatic heterocycles. The summed E-state index contributed by atoms with van der Waals surface area (Å²) in [4.78, 5) is 0.996. The Morgan fingerprint density at radius 1 is 1.37 bits per heavy atom. The molecular formula is C14H18FN3S. The largest absolute Gasteiger partial charge is 0.308 e. The van der Waals surface area contributed by atoms with Crippen LogP contribution in [-0.2, 0) is 6.42 Å². The van der Waals surface area contributed by atoms with Crippen molar-refractivity contribution in [2.45, 2.75) is 33.2 Å². The van der Waals surface area contributed by atoms with E-state index in [0.717, 1.165) is 28.1 Å². The number of benzene rings is 1. The van der Waals surface area contributed by atoms with Gasteiger partial charge in [0.2, 0.25) is 0 Å². The second-order valence-electron chi connectivity index (χ2n) is 4.64. The first-order valence-corrected chi connectivity index (χ1v) is 7.10. The second-order valence-corrected chi connectivity index (χ2v) is 5.42. The van der Waals surface area contributed by atoms with Crippen molar-refractivity contribution in [1.29, 1.82) is 0 Å². The van der Waals surface area contributed by atoms with Gasteiger partial charge >= 0.3 is 0 Å². The minimum atomic E-state index is -0.185. The van der Waals surface area contributed by atoms with Crippen LogP contribution in [0.5, 0.6) is 0 Å². The van der Waals surface area contributed by atoms with E-state index >= 15 is 0 Å². The fourth-order valence-corrected chi connectivity index (χ4v) is 3.24. The van der Waals surface area contributed by atoms with E-state index in [2.05, 4.69) is 14.9 Å². The van der Waals surface area contributed by atoms with Gasteiger partial charge in [0.1, 0.15) is 5.82 Å². The zero-order valence-electron chi connectivity index (χ0n) is 11.6. The molecule has 0 fully saturated rings. The van der Waals surface area contributed by atoms with E-state index in [-0.39, 0.29) is 11.9 Å². The van der Waals surface area contributed by atoms with Crippen LogP contribution in [0.4, 0.5) is 4.39 Å². The first kappa shape index (κ1) is 14.1. The second kappa shape index (κ2) is 5.75. The number of aromatic nitrogens is 2. The lowest BCUT2D eigenvalue weighted by molar-refractivity contribution is 0.573. The quantitative estimate of drug-likeness (QED) is 0.934. The predicted molar refractivity (Wildman–Crippen MR) is 76.1 cm³/mol. The molecule has 0 saturated carbocycles. The molecule has 0 aliphatic carbocycles. The van der Waals surface area contributed by atoms with Crippen LogP contribution in [0.3, 0.4) is 0 Å². The summed E-state index contributed by atoms with van der Waals surface area (Å²) in [5.74, 6) is -0.174. The zero-order valence-corrected chi connectivity index (χ0v) is 12.4. The Hall–Kier alpha value is -1.33. The van der Waals surface area contributed by atoms with Gasteiger partial charge < -0.3 is 5.32 Å². The third kappa shape index (κ3) is 2.67. The van der Waals surface area contributed by atoms with Crippen molar-refractivity contribution in [2.24, 2.45) is 0 Å². The molecule has 102 valence electrons. The molecule has 1 aromatic carbocycles. The van der Waals surface area contributed by atoms with E-state index in [1.54, 1.807) is 6.07 Å². The van der Waals surface area contributed by atoms with Gasteiger partial charge in [0, 0.05) is 5.56 Å². The van der Waals surface area contributed by atoms with Crippen LogP contribution in [0.2, 0.25) is 0 Å². The smallest absolute Gasteiger partial charge is 0.128 e. The minimum absolute atomic E-state index is 0.174. The maximum atomic E-state index is 14.3. The Morgan fingerprint density at radius 3 is 2.68 bits per heavy atom. The lowest BCUT2D eigenvalue weighted by Crippen LogP contribution is -2.20. The molecule has 3 nitrogen and oxygen atoms in total. The van der Waals surface area contributed by atoms with Crippen molar-refractivity contribution < 1.29 is 4.39 Å². The van der Waals surface area contributed by atoms with Crippen LogP contribution in [0, 0.1) is 19.7 Å². The Balaban J connectivity index is 2.54. The number of hydrogen-bond donors (Lipinski definition) is 1. The van der Waals surface area contributed by atoms with Crippen molar-refractivity contribution in [3.8, 4) is 0 Å². The normalized spacial score (nSPS) is 12.7. The number of aryl methyl sites for hydroxylation is 3. The van der Waals surface area contributed by atoms with E-state index < -0.39 is 0 Å². The standard InChI is InChI=1S/C14H18FN3S/c1-5-11-14(19-18-17-11)13(16-4)12-9(3)6-8(2)7-10(12)15/h6-7,13,16H,5H2,1-4H3. The van der Waals surface area contributed by atoms with E-state index in [4.69, 9.17) is 0 Å². The Bertz CT molecular complexity index is 557. The van der Waals surface area contributed by atoms with E-state index in [1.165, 1.54) is 11.5 Å². The van der Waals surface area contributed by atoms with Crippen molar-refractivity contribution in [2.75, 3.05) is 7.05 Å². The van der Waals surface area contributed by atoms with Gasteiger partial charge in [-0.2, -0.15) is 0 Å². The molecule has 1 unspecified atom stereocenters. The summed E-state index contributed by atoms with van der Waals surface area (Å²) in [6.45, 7) is 5.88. The fourth-order valence-electron chi connectivity index (χ4n) is 2.38. The van der Waals surface area contributed by atoms with E-state index in [9.17, 15) is 4.39 Å². The highest BCUT2D eigenvalue weighted by Crippen LogP contribution is 2.31. The number of hydrogen-bond acceptors (Lipinski definition) is 4. The number of rotatable bonds is 4. The summed E-state index contributed by atoms with van der Waals surface area (Å²) in [6.07, 6.45) is 0.802. The highest BCUT2D eigenvalue weighted by atomic mass is 32.1. The van der Waals surface area contributed by atoms with Crippen molar-refractivity contribution >= 4 is 11.5 Å². The highest BCUT2D eigenvalue weighted by molar-refractivity contribution is 7.05. The van der Waals surface area contributed by atoms with Gasteiger partial charge in [-0.3, -0.25) is 0 Å². The number of nitrogens with zero attached hydrogens (tertiary/aromatic N) is 2. The number of nitrogens with one attached hydrogen (secondary N) is 1. The lowest BCUT2D eigenvalue weighted by Gasteiger charge is -2.19. The average molecular weight is 279 g/mol. The monoisotopic (exact) mass is 279 g/mol. The minimum Gasteiger partial charge on any atom is -0.308 e. The zero-order chi connectivity index (χ0) is 14.0. The van der Waals surface area contributed by atoms with E-state index in [1.807, 2.05) is 33.9 Å². The maximum absolute atomic E-state index is 14.3. The molecule has 2 aromatic rings.